The molecule has 5 rings (SSSR count). The lowest BCUT2D eigenvalue weighted by Crippen LogP contribution is -2.60. The van der Waals surface area contributed by atoms with Gasteiger partial charge in [0.1, 0.15) is 5.82 Å². The van der Waals surface area contributed by atoms with E-state index in [1.165, 1.54) is 12.5 Å². The molecule has 3 nitrogen and oxygen atoms in total. The molecule has 0 unspecified atom stereocenters. The number of carbonyl (C=O) groups is 1. The van der Waals surface area contributed by atoms with Crippen LogP contribution in [0, 0.1) is 30.0 Å². The SMILES string of the molecule is Cc1ccc(CNC(=O)C23C[C@H]4C[C@@H](CC(O)(C4)C2)C3)cc1F. The Labute approximate surface area is 136 Å². The quantitative estimate of drug-likeness (QED) is 0.900. The Balaban J connectivity index is 1.47. The van der Waals surface area contributed by atoms with E-state index in [0.717, 1.165) is 31.2 Å². The number of rotatable bonds is 3. The van der Waals surface area contributed by atoms with E-state index >= 15 is 0 Å². The third-order valence-corrected chi connectivity index (χ3v) is 6.20. The van der Waals surface area contributed by atoms with Gasteiger partial charge < -0.3 is 10.4 Å². The highest BCUT2D eigenvalue weighted by atomic mass is 19.1. The third-order valence-electron chi connectivity index (χ3n) is 6.20. The number of carbonyl (C=O) groups excluding carboxylic acids is 1. The number of hydrogen-bond donors (Lipinski definition) is 2. The minimum atomic E-state index is -0.628. The van der Waals surface area contributed by atoms with Crippen molar-refractivity contribution in [2.75, 3.05) is 0 Å². The lowest BCUT2D eigenvalue weighted by molar-refractivity contribution is -0.178. The number of hydrogen-bond acceptors (Lipinski definition) is 2. The molecule has 1 aromatic rings. The second-order valence-electron chi connectivity index (χ2n) is 8.23. The Kier molecular flexibility index (Phi) is 3.31. The van der Waals surface area contributed by atoms with Crippen LogP contribution in [0.1, 0.15) is 49.7 Å². The van der Waals surface area contributed by atoms with Gasteiger partial charge in [0.05, 0.1) is 11.0 Å². The Morgan fingerprint density at radius 2 is 2.00 bits per heavy atom. The smallest absolute Gasteiger partial charge is 0.226 e. The minimum Gasteiger partial charge on any atom is -0.390 e. The summed E-state index contributed by atoms with van der Waals surface area (Å²) in [5.74, 6) is 0.791. The Morgan fingerprint density at radius 1 is 1.30 bits per heavy atom. The average molecular weight is 317 g/mol. The predicted octanol–water partition coefficient (Wildman–Crippen LogP) is 3.08. The second-order valence-corrected chi connectivity index (χ2v) is 8.23. The van der Waals surface area contributed by atoms with Crippen molar-refractivity contribution in [3.8, 4) is 0 Å². The van der Waals surface area contributed by atoms with Crippen LogP contribution in [0.3, 0.4) is 0 Å². The summed E-state index contributed by atoms with van der Waals surface area (Å²) >= 11 is 0. The summed E-state index contributed by atoms with van der Waals surface area (Å²) in [6.07, 6.45) is 5.30. The van der Waals surface area contributed by atoms with Gasteiger partial charge in [-0.05, 0) is 74.5 Å². The van der Waals surface area contributed by atoms with Gasteiger partial charge in [-0.1, -0.05) is 12.1 Å². The van der Waals surface area contributed by atoms with E-state index in [2.05, 4.69) is 5.32 Å². The van der Waals surface area contributed by atoms with Crippen LogP contribution in [0.5, 0.6) is 0 Å². The summed E-state index contributed by atoms with van der Waals surface area (Å²) in [6, 6.07) is 5.08. The number of nitrogens with one attached hydrogen (secondary N) is 1. The van der Waals surface area contributed by atoms with E-state index in [4.69, 9.17) is 0 Å². The molecular weight excluding hydrogens is 293 g/mol. The molecule has 0 aliphatic heterocycles. The summed E-state index contributed by atoms with van der Waals surface area (Å²) in [5.41, 5.74) is 0.368. The van der Waals surface area contributed by atoms with Crippen LogP contribution in [0.15, 0.2) is 18.2 Å². The van der Waals surface area contributed by atoms with Gasteiger partial charge in [-0.15, -0.1) is 0 Å². The van der Waals surface area contributed by atoms with Crippen molar-refractivity contribution in [1.29, 1.82) is 0 Å². The largest absolute Gasteiger partial charge is 0.390 e. The number of halogens is 1. The van der Waals surface area contributed by atoms with E-state index in [-0.39, 0.29) is 11.7 Å². The molecule has 4 saturated carbocycles. The van der Waals surface area contributed by atoms with Crippen molar-refractivity contribution in [2.45, 2.75) is 57.6 Å². The fraction of sp³-hybridized carbons (Fsp3) is 0.632. The number of aryl methyl sites for hydroxylation is 1. The highest BCUT2D eigenvalue weighted by molar-refractivity contribution is 5.83. The zero-order chi connectivity index (χ0) is 16.2. The normalized spacial score (nSPS) is 37.9. The average Bonchev–Trinajstić information content (AvgIpc) is 2.45. The molecule has 2 atom stereocenters. The van der Waals surface area contributed by atoms with Crippen molar-refractivity contribution < 1.29 is 14.3 Å². The van der Waals surface area contributed by atoms with Gasteiger partial charge in [0, 0.05) is 6.54 Å². The first-order valence-corrected chi connectivity index (χ1v) is 8.63. The number of benzene rings is 1. The summed E-state index contributed by atoms with van der Waals surface area (Å²) in [7, 11) is 0. The van der Waals surface area contributed by atoms with E-state index < -0.39 is 11.0 Å². The van der Waals surface area contributed by atoms with Crippen molar-refractivity contribution >= 4 is 5.91 Å². The van der Waals surface area contributed by atoms with Gasteiger partial charge in [-0.3, -0.25) is 4.79 Å². The summed E-state index contributed by atoms with van der Waals surface area (Å²) < 4.78 is 13.6. The zero-order valence-electron chi connectivity index (χ0n) is 13.6. The molecule has 4 aliphatic rings. The van der Waals surface area contributed by atoms with Crippen LogP contribution in [-0.2, 0) is 11.3 Å². The summed E-state index contributed by atoms with van der Waals surface area (Å²) in [6.45, 7) is 2.08. The lowest BCUT2D eigenvalue weighted by atomic mass is 9.47. The standard InChI is InChI=1S/C19H24FNO2/c1-12-2-3-13(5-16(12)20)10-21-17(22)18-6-14-4-15(7-18)9-19(23,8-14)11-18/h2-3,5,14-15,23H,4,6-11H2,1H3,(H,21,22)/t14-,15-,18?,19?/m1/s1. The summed E-state index contributed by atoms with van der Waals surface area (Å²) in [5, 5.41) is 13.7. The van der Waals surface area contributed by atoms with Gasteiger partial charge in [0.15, 0.2) is 0 Å². The van der Waals surface area contributed by atoms with E-state index in [0.29, 0.717) is 30.4 Å². The molecule has 0 spiro atoms. The maximum Gasteiger partial charge on any atom is 0.226 e. The summed E-state index contributed by atoms with van der Waals surface area (Å²) in [4.78, 5) is 12.8. The van der Waals surface area contributed by atoms with Crippen molar-refractivity contribution in [3.05, 3.63) is 35.1 Å². The van der Waals surface area contributed by atoms with E-state index in [1.807, 2.05) is 6.07 Å². The lowest BCUT2D eigenvalue weighted by Gasteiger charge is -2.59. The minimum absolute atomic E-state index is 0.0472. The molecule has 4 heteroatoms. The van der Waals surface area contributed by atoms with Crippen LogP contribution in [0.2, 0.25) is 0 Å². The van der Waals surface area contributed by atoms with Gasteiger partial charge >= 0.3 is 0 Å². The molecule has 0 saturated heterocycles. The third kappa shape index (κ3) is 2.57. The van der Waals surface area contributed by atoms with Crippen LogP contribution < -0.4 is 5.32 Å². The first-order chi connectivity index (χ1) is 10.9. The van der Waals surface area contributed by atoms with Crippen LogP contribution in [0.4, 0.5) is 4.39 Å². The topological polar surface area (TPSA) is 49.3 Å². The molecule has 0 radical (unpaired) electrons. The van der Waals surface area contributed by atoms with Crippen molar-refractivity contribution in [3.63, 3.8) is 0 Å². The maximum absolute atomic E-state index is 13.6. The van der Waals surface area contributed by atoms with Crippen LogP contribution >= 0.6 is 0 Å². The van der Waals surface area contributed by atoms with Crippen LogP contribution in [-0.4, -0.2) is 16.6 Å². The van der Waals surface area contributed by atoms with Gasteiger partial charge in [0.2, 0.25) is 5.91 Å². The van der Waals surface area contributed by atoms with E-state index in [1.54, 1.807) is 13.0 Å². The fourth-order valence-electron chi connectivity index (χ4n) is 5.60. The maximum atomic E-state index is 13.6. The number of aliphatic hydroxyl groups is 1. The Bertz CT molecular complexity index is 643. The molecule has 0 aromatic heterocycles. The molecule has 1 amide bonds. The highest BCUT2D eigenvalue weighted by Gasteiger charge is 2.60. The molecule has 4 fully saturated rings. The van der Waals surface area contributed by atoms with Crippen molar-refractivity contribution in [1.82, 2.24) is 5.32 Å². The monoisotopic (exact) mass is 317 g/mol. The first-order valence-electron chi connectivity index (χ1n) is 8.63. The number of amides is 1. The molecule has 23 heavy (non-hydrogen) atoms. The van der Waals surface area contributed by atoms with Crippen LogP contribution in [0.25, 0.3) is 0 Å². The van der Waals surface area contributed by atoms with E-state index in [9.17, 15) is 14.3 Å². The van der Waals surface area contributed by atoms with Gasteiger partial charge in [-0.25, -0.2) is 4.39 Å². The van der Waals surface area contributed by atoms with Crippen molar-refractivity contribution in [2.24, 2.45) is 17.3 Å². The molecule has 0 heterocycles. The van der Waals surface area contributed by atoms with Gasteiger partial charge in [0.25, 0.3) is 0 Å². The molecule has 124 valence electrons. The second kappa shape index (κ2) is 5.04. The predicted molar refractivity (Wildman–Crippen MR) is 85.0 cm³/mol. The highest BCUT2D eigenvalue weighted by Crippen LogP contribution is 2.61. The fourth-order valence-corrected chi connectivity index (χ4v) is 5.60. The molecule has 2 N–H and O–H groups in total. The molecule has 4 bridgehead atoms. The van der Waals surface area contributed by atoms with Gasteiger partial charge in [-0.2, -0.15) is 0 Å². The Morgan fingerprint density at radius 3 is 2.61 bits per heavy atom. The molecule has 4 aliphatic carbocycles. The first kappa shape index (κ1) is 15.1. The molecular formula is C19H24FNO2. The molecule has 1 aromatic carbocycles. The Hall–Kier alpha value is -1.42. The zero-order valence-corrected chi connectivity index (χ0v) is 13.6.